The van der Waals surface area contributed by atoms with Crippen molar-refractivity contribution in [2.75, 3.05) is 6.07 Å². The van der Waals surface area contributed by atoms with Crippen LogP contribution in [0.25, 0.3) is 0 Å². The molecule has 0 aromatic rings. The molecule has 0 unspecified atom stereocenters. The summed E-state index contributed by atoms with van der Waals surface area (Å²) in [5.74, 6) is 2.55. The minimum absolute atomic E-state index is 0.0503. The first-order valence-corrected chi connectivity index (χ1v) is 8.09. The Morgan fingerprint density at radius 1 is 1.10 bits per heavy atom. The van der Waals surface area contributed by atoms with E-state index in [1.54, 1.807) is 0 Å². The summed E-state index contributed by atoms with van der Waals surface area (Å²) in [7, 11) is 0. The van der Waals surface area contributed by atoms with Crippen molar-refractivity contribution in [3.05, 3.63) is 0 Å². The number of hydrogen-bond donors (Lipinski definition) is 1. The minimum Gasteiger partial charge on any atom is -0.449 e. The van der Waals surface area contributed by atoms with Crippen molar-refractivity contribution in [1.82, 2.24) is 5.32 Å². The first kappa shape index (κ1) is 12.6. The predicted octanol–water partition coefficient (Wildman–Crippen LogP) is 1.74. The molecule has 114 valence electrons. The van der Waals surface area contributed by atoms with Crippen molar-refractivity contribution in [3.8, 4) is 0 Å². The molecule has 6 aliphatic carbocycles. The van der Waals surface area contributed by atoms with Gasteiger partial charge in [0.2, 0.25) is 0 Å². The van der Waals surface area contributed by atoms with Crippen LogP contribution < -0.4 is 5.32 Å². The van der Waals surface area contributed by atoms with Gasteiger partial charge in [0.05, 0.1) is 11.0 Å². The Morgan fingerprint density at radius 3 is 2.05 bits per heavy atom. The van der Waals surface area contributed by atoms with Gasteiger partial charge in [0.25, 0.3) is 0 Å². The molecule has 0 aliphatic heterocycles. The minimum atomic E-state index is -0.478. The third-order valence-electron chi connectivity index (χ3n) is 6.89. The first-order valence-electron chi connectivity index (χ1n) is 7.56. The molecule has 0 atom stereocenters. The molecule has 1 amide bonds. The van der Waals surface area contributed by atoms with Gasteiger partial charge < -0.3 is 14.8 Å². The number of amides is 1. The fourth-order valence-electron chi connectivity index (χ4n) is 6.84. The lowest BCUT2D eigenvalue weighted by Crippen LogP contribution is -3.16. The van der Waals surface area contributed by atoms with Gasteiger partial charge in [-0.2, -0.15) is 0 Å². The summed E-state index contributed by atoms with van der Waals surface area (Å²) < 4.78 is 10.4. The zero-order chi connectivity index (χ0) is 14.9. The normalized spacial score (nSPS) is 55.6. The maximum Gasteiger partial charge on any atom is 0.408 e. The van der Waals surface area contributed by atoms with Crippen LogP contribution in [0.2, 0.25) is 0 Å². The van der Waals surface area contributed by atoms with Crippen LogP contribution in [0.4, 0.5) is 4.79 Å². The summed E-state index contributed by atoms with van der Waals surface area (Å²) in [5, 5.41) is 3.11. The number of esters is 1. The van der Waals surface area contributed by atoms with Crippen LogP contribution in [-0.2, 0) is 14.3 Å². The molecular weight excluding hydrogens is 294 g/mol. The zero-order valence-electron chi connectivity index (χ0n) is 12.2. The van der Waals surface area contributed by atoms with E-state index in [0.717, 1.165) is 0 Å². The van der Waals surface area contributed by atoms with Gasteiger partial charge >= 0.3 is 12.1 Å². The van der Waals surface area contributed by atoms with E-state index in [2.05, 4.69) is 5.32 Å². The van der Waals surface area contributed by atoms with Crippen LogP contribution in [0.1, 0.15) is 20.8 Å². The number of rotatable bonds is 3. The van der Waals surface area contributed by atoms with Crippen molar-refractivity contribution in [1.29, 1.82) is 0 Å². The summed E-state index contributed by atoms with van der Waals surface area (Å²) in [4.78, 5) is 24.1. The number of carbonyl (C=O) groups is 2. The first-order chi connectivity index (χ1) is 9.81. The molecule has 0 radical (unpaired) electrons. The number of alkyl halides is 1. The van der Waals surface area contributed by atoms with E-state index in [1.165, 1.54) is 0 Å². The molecule has 21 heavy (non-hydrogen) atoms. The Balaban J connectivity index is 1.30. The third kappa shape index (κ3) is 0.906. The van der Waals surface area contributed by atoms with Gasteiger partial charge in [0.1, 0.15) is 5.60 Å². The molecule has 0 heterocycles. The van der Waals surface area contributed by atoms with Crippen molar-refractivity contribution >= 4 is 23.7 Å². The summed E-state index contributed by atoms with van der Waals surface area (Å²) in [6, 6.07) is -0.0615. The van der Waals surface area contributed by atoms with Gasteiger partial charge in [-0.3, -0.25) is 4.79 Å². The summed E-state index contributed by atoms with van der Waals surface area (Å²) >= 11 is 5.51. The lowest BCUT2D eigenvalue weighted by molar-refractivity contribution is -0.609. The second kappa shape index (κ2) is 3.05. The highest BCUT2D eigenvalue weighted by Gasteiger charge is 3.12. The molecule has 6 aliphatic rings. The van der Waals surface area contributed by atoms with Crippen LogP contribution in [0.3, 0.4) is 0 Å². The lowest BCUT2D eigenvalue weighted by Gasteiger charge is -3.09. The molecule has 0 aromatic heterocycles. The van der Waals surface area contributed by atoms with Crippen molar-refractivity contribution < 1.29 is 19.1 Å². The lowest BCUT2D eigenvalue weighted by atomic mass is 8.94. The van der Waals surface area contributed by atoms with Crippen LogP contribution in [0, 0.1) is 40.9 Å². The molecule has 6 heteroatoms. The van der Waals surface area contributed by atoms with Gasteiger partial charge in [0, 0.05) is 0 Å². The Labute approximate surface area is 127 Å². The van der Waals surface area contributed by atoms with Gasteiger partial charge in [0.15, 0.2) is 6.07 Å². The molecular formula is C15H18ClNO4. The molecule has 5 nitrogen and oxygen atoms in total. The van der Waals surface area contributed by atoms with Gasteiger partial charge in [-0.05, 0) is 56.3 Å². The van der Waals surface area contributed by atoms with Gasteiger partial charge in [-0.15, -0.1) is 0 Å². The van der Waals surface area contributed by atoms with E-state index in [-0.39, 0.29) is 29.1 Å². The fraction of sp³-hybridized carbons (Fsp3) is 0.867. The maximum atomic E-state index is 12.1. The molecule has 6 saturated carbocycles. The smallest absolute Gasteiger partial charge is 0.408 e. The second-order valence-corrected chi connectivity index (χ2v) is 8.41. The van der Waals surface area contributed by atoms with E-state index >= 15 is 0 Å². The summed E-state index contributed by atoms with van der Waals surface area (Å²) in [6.07, 6.45) is -0.324. The number of hydrogen-bond acceptors (Lipinski definition) is 4. The number of carbonyl (C=O) groups excluding carboxylic acids is 2. The van der Waals surface area contributed by atoms with Crippen LogP contribution in [-0.4, -0.2) is 29.3 Å². The Bertz CT molecular complexity index is 541. The highest BCUT2D eigenvalue weighted by atomic mass is 35.5. The molecule has 1 N–H and O–H groups in total. The molecule has 6 fully saturated rings. The zero-order valence-corrected chi connectivity index (χ0v) is 12.9. The Morgan fingerprint density at radius 2 is 1.62 bits per heavy atom. The Kier molecular flexibility index (Phi) is 1.82. The van der Waals surface area contributed by atoms with Crippen molar-refractivity contribution in [2.45, 2.75) is 31.9 Å². The van der Waals surface area contributed by atoms with Crippen LogP contribution >= 0.6 is 11.6 Å². The van der Waals surface area contributed by atoms with Crippen LogP contribution in [0.15, 0.2) is 0 Å². The largest absolute Gasteiger partial charge is 0.449 e. The molecule has 0 spiro atoms. The van der Waals surface area contributed by atoms with E-state index in [9.17, 15) is 9.59 Å². The summed E-state index contributed by atoms with van der Waals surface area (Å²) in [5.41, 5.74) is -0.744. The second-order valence-electron chi connectivity index (χ2n) is 8.19. The predicted molar refractivity (Wildman–Crippen MR) is 72.3 cm³/mol. The van der Waals surface area contributed by atoms with E-state index in [0.29, 0.717) is 35.5 Å². The van der Waals surface area contributed by atoms with Gasteiger partial charge in [-0.1, -0.05) is 11.6 Å². The summed E-state index contributed by atoms with van der Waals surface area (Å²) in [6.45, 7) is 5.59. The standard InChI is InChI=1S/C15H18ClNO4/c1-13(2,3)21-12(19)17-15-8-5-9(15)7-10(15)6(8)14(5,7)11(18)20-4-16/h5-10H,4H2,1-3H3,(H,17,19). The highest BCUT2D eigenvalue weighted by Crippen LogP contribution is 3.07. The number of nitrogens with one attached hydrogen (secondary N) is 1. The highest BCUT2D eigenvalue weighted by molar-refractivity contribution is 6.17. The number of alkyl carbamates (subject to hydrolysis) is 1. The topological polar surface area (TPSA) is 64.6 Å². The third-order valence-corrected chi connectivity index (χ3v) is 7.00. The number of ether oxygens (including phenoxy) is 2. The monoisotopic (exact) mass is 311 g/mol. The molecule has 0 aromatic carbocycles. The average Bonchev–Trinajstić information content (AvgIpc) is 2.37. The molecule has 0 saturated heterocycles. The van der Waals surface area contributed by atoms with E-state index in [1.807, 2.05) is 20.8 Å². The van der Waals surface area contributed by atoms with Crippen molar-refractivity contribution in [3.63, 3.8) is 0 Å². The van der Waals surface area contributed by atoms with Gasteiger partial charge in [-0.25, -0.2) is 4.79 Å². The van der Waals surface area contributed by atoms with E-state index in [4.69, 9.17) is 21.1 Å². The molecule has 0 bridgehead atoms. The fourth-order valence-corrected chi connectivity index (χ4v) is 6.94. The quantitative estimate of drug-likeness (QED) is 0.637. The molecule has 6 rings (SSSR count). The van der Waals surface area contributed by atoms with E-state index < -0.39 is 5.60 Å². The van der Waals surface area contributed by atoms with Crippen LogP contribution in [0.5, 0.6) is 0 Å². The SMILES string of the molecule is CC(C)(C)OC(=O)NC12C3C4C1C1C2C3C41C(=O)OCCl. The van der Waals surface area contributed by atoms with Crippen molar-refractivity contribution in [2.24, 2.45) is 40.9 Å². The maximum absolute atomic E-state index is 12.1. The Hall–Kier alpha value is -0.970. The number of halogens is 1. The average molecular weight is 312 g/mol.